The van der Waals surface area contributed by atoms with Gasteiger partial charge in [0, 0.05) is 23.1 Å². The summed E-state index contributed by atoms with van der Waals surface area (Å²) in [4.78, 5) is 2.41. The molecule has 2 rings (SSSR count). The minimum atomic E-state index is -0.540. The lowest BCUT2D eigenvalue weighted by atomic mass is 10.1. The Bertz CT molecular complexity index is 442. The van der Waals surface area contributed by atoms with E-state index in [0.717, 1.165) is 32.4 Å². The monoisotopic (exact) mass is 346 g/mol. The van der Waals surface area contributed by atoms with Crippen LogP contribution in [0, 0.1) is 11.6 Å². The molecule has 1 unspecified atom stereocenters. The Morgan fingerprint density at radius 1 is 1.20 bits per heavy atom. The number of nitrogens with zero attached hydrogens (tertiary/aromatic N) is 1. The van der Waals surface area contributed by atoms with E-state index < -0.39 is 11.6 Å². The Morgan fingerprint density at radius 3 is 2.45 bits per heavy atom. The third kappa shape index (κ3) is 3.92. The maximum atomic E-state index is 13.8. The molecule has 0 bridgehead atoms. The topological polar surface area (TPSA) is 15.3 Å². The molecule has 1 fully saturated rings. The van der Waals surface area contributed by atoms with Crippen molar-refractivity contribution in [3.8, 4) is 0 Å². The Morgan fingerprint density at radius 2 is 1.85 bits per heavy atom. The van der Waals surface area contributed by atoms with Gasteiger partial charge in [-0.15, -0.1) is 0 Å². The first kappa shape index (κ1) is 15.7. The van der Waals surface area contributed by atoms with Crippen molar-refractivity contribution in [1.82, 2.24) is 4.90 Å². The maximum Gasteiger partial charge on any atom is 0.150 e. The van der Waals surface area contributed by atoms with E-state index in [1.165, 1.54) is 12.1 Å². The second kappa shape index (κ2) is 6.85. The van der Waals surface area contributed by atoms with E-state index in [2.05, 4.69) is 40.0 Å². The first-order valence-electron chi connectivity index (χ1n) is 7.12. The highest BCUT2D eigenvalue weighted by Gasteiger charge is 2.20. The number of hydrogen-bond acceptors (Lipinski definition) is 2. The van der Waals surface area contributed by atoms with Crippen molar-refractivity contribution in [1.29, 1.82) is 0 Å². The fraction of sp³-hybridized carbons (Fsp3) is 0.600. The molecule has 0 radical (unpaired) electrons. The van der Waals surface area contributed by atoms with E-state index in [4.69, 9.17) is 0 Å². The fourth-order valence-corrected chi connectivity index (χ4v) is 3.07. The highest BCUT2D eigenvalue weighted by molar-refractivity contribution is 9.10. The van der Waals surface area contributed by atoms with Gasteiger partial charge >= 0.3 is 0 Å². The molecule has 2 nitrogen and oxygen atoms in total. The molecular formula is C15H21BrF2N2. The van der Waals surface area contributed by atoms with Gasteiger partial charge in [-0.1, -0.05) is 15.9 Å². The van der Waals surface area contributed by atoms with E-state index in [0.29, 0.717) is 10.5 Å². The predicted molar refractivity (Wildman–Crippen MR) is 82.0 cm³/mol. The third-order valence-electron chi connectivity index (χ3n) is 3.85. The van der Waals surface area contributed by atoms with Crippen molar-refractivity contribution < 1.29 is 8.78 Å². The smallest absolute Gasteiger partial charge is 0.150 e. The average Bonchev–Trinajstić information content (AvgIpc) is 2.59. The van der Waals surface area contributed by atoms with Gasteiger partial charge in [0.15, 0.2) is 0 Å². The number of anilines is 1. The van der Waals surface area contributed by atoms with Crippen LogP contribution in [0.15, 0.2) is 16.6 Å². The molecule has 0 aromatic heterocycles. The van der Waals surface area contributed by atoms with Gasteiger partial charge < -0.3 is 10.2 Å². The molecule has 112 valence electrons. The Kier molecular flexibility index (Phi) is 5.38. The van der Waals surface area contributed by atoms with Crippen LogP contribution in [0.2, 0.25) is 0 Å². The van der Waals surface area contributed by atoms with Gasteiger partial charge in [-0.05, 0) is 51.8 Å². The van der Waals surface area contributed by atoms with Crippen LogP contribution in [0.3, 0.4) is 0 Å². The van der Waals surface area contributed by atoms with Crippen molar-refractivity contribution in [2.45, 2.75) is 45.2 Å². The molecule has 0 saturated carbocycles. The summed E-state index contributed by atoms with van der Waals surface area (Å²) in [6.07, 6.45) is 2.90. The zero-order valence-corrected chi connectivity index (χ0v) is 13.5. The van der Waals surface area contributed by atoms with E-state index >= 15 is 0 Å². The third-order valence-corrected chi connectivity index (χ3v) is 4.31. The van der Waals surface area contributed by atoms with Crippen LogP contribution in [0.25, 0.3) is 0 Å². The molecule has 0 amide bonds. The van der Waals surface area contributed by atoms with Gasteiger partial charge in [-0.3, -0.25) is 0 Å². The first-order valence-corrected chi connectivity index (χ1v) is 7.92. The highest BCUT2D eigenvalue weighted by atomic mass is 79.9. The molecule has 20 heavy (non-hydrogen) atoms. The van der Waals surface area contributed by atoms with Crippen molar-refractivity contribution >= 4 is 21.6 Å². The summed E-state index contributed by atoms with van der Waals surface area (Å²) in [5.74, 6) is -1.08. The van der Waals surface area contributed by atoms with Crippen molar-refractivity contribution in [3.63, 3.8) is 0 Å². The van der Waals surface area contributed by atoms with Gasteiger partial charge in [0.2, 0.25) is 0 Å². The van der Waals surface area contributed by atoms with E-state index in [-0.39, 0.29) is 11.7 Å². The van der Waals surface area contributed by atoms with E-state index in [1.807, 2.05) is 0 Å². The van der Waals surface area contributed by atoms with Crippen LogP contribution >= 0.6 is 15.9 Å². The molecule has 0 aliphatic carbocycles. The van der Waals surface area contributed by atoms with Crippen LogP contribution < -0.4 is 5.32 Å². The molecule has 1 aliphatic heterocycles. The summed E-state index contributed by atoms with van der Waals surface area (Å²) in [5, 5.41) is 3.05. The molecule has 1 aromatic carbocycles. The predicted octanol–water partition coefficient (Wildman–Crippen LogP) is 4.40. The number of likely N-dealkylation sites (tertiary alicyclic amines) is 1. The summed E-state index contributed by atoms with van der Waals surface area (Å²) in [6.45, 7) is 6.39. The van der Waals surface area contributed by atoms with Gasteiger partial charge in [-0.2, -0.15) is 0 Å². The van der Waals surface area contributed by atoms with Crippen LogP contribution in [0.5, 0.6) is 0 Å². The van der Waals surface area contributed by atoms with Crippen molar-refractivity contribution in [3.05, 3.63) is 28.2 Å². The lowest BCUT2D eigenvalue weighted by molar-refractivity contribution is 0.230. The zero-order valence-electron chi connectivity index (χ0n) is 11.9. The zero-order chi connectivity index (χ0) is 14.7. The minimum Gasteiger partial charge on any atom is -0.378 e. The number of hydrogen-bond donors (Lipinski definition) is 1. The molecule has 1 aliphatic rings. The van der Waals surface area contributed by atoms with Crippen LogP contribution in [-0.2, 0) is 0 Å². The maximum absolute atomic E-state index is 13.8. The second-order valence-electron chi connectivity index (χ2n) is 5.65. The largest absolute Gasteiger partial charge is 0.378 e. The Labute approximate surface area is 127 Å². The quantitative estimate of drug-likeness (QED) is 0.872. The van der Waals surface area contributed by atoms with Gasteiger partial charge in [-0.25, -0.2) is 8.78 Å². The van der Waals surface area contributed by atoms with Gasteiger partial charge in [0.1, 0.15) is 17.3 Å². The molecular weight excluding hydrogens is 326 g/mol. The lowest BCUT2D eigenvalue weighted by Crippen LogP contribution is -2.32. The van der Waals surface area contributed by atoms with Crippen LogP contribution in [0.4, 0.5) is 14.5 Å². The lowest BCUT2D eigenvalue weighted by Gasteiger charge is -2.24. The molecule has 1 saturated heterocycles. The van der Waals surface area contributed by atoms with E-state index in [9.17, 15) is 8.78 Å². The van der Waals surface area contributed by atoms with Crippen molar-refractivity contribution in [2.24, 2.45) is 0 Å². The van der Waals surface area contributed by atoms with E-state index in [1.54, 1.807) is 0 Å². The molecule has 1 heterocycles. The summed E-state index contributed by atoms with van der Waals surface area (Å²) in [5.41, 5.74) is -0.00352. The first-order chi connectivity index (χ1) is 9.47. The van der Waals surface area contributed by atoms with Crippen LogP contribution in [-0.4, -0.2) is 30.1 Å². The highest BCUT2D eigenvalue weighted by Crippen LogP contribution is 2.26. The minimum absolute atomic E-state index is 0.00352. The van der Waals surface area contributed by atoms with Crippen LogP contribution in [0.1, 0.15) is 33.1 Å². The summed E-state index contributed by atoms with van der Waals surface area (Å²) < 4.78 is 28.1. The number of benzene rings is 1. The standard InChI is InChI=1S/C15H21BrF2N2/c1-10(2)20-6-3-4-12(5-7-20)19-15-13(17)8-11(16)9-14(15)18/h8-10,12,19H,3-7H2,1-2H3. The molecule has 1 aromatic rings. The average molecular weight is 347 g/mol. The van der Waals surface area contributed by atoms with Gasteiger partial charge in [0.05, 0.1) is 0 Å². The van der Waals surface area contributed by atoms with Crippen molar-refractivity contribution in [2.75, 3.05) is 18.4 Å². The number of halogens is 3. The Balaban J connectivity index is 2.04. The number of nitrogens with one attached hydrogen (secondary N) is 1. The molecule has 1 atom stereocenters. The van der Waals surface area contributed by atoms with Gasteiger partial charge in [0.25, 0.3) is 0 Å². The molecule has 0 spiro atoms. The SMILES string of the molecule is CC(C)N1CCCC(Nc2c(F)cc(Br)cc2F)CC1. The number of rotatable bonds is 3. The summed E-state index contributed by atoms with van der Waals surface area (Å²) >= 11 is 3.09. The fourth-order valence-electron chi connectivity index (χ4n) is 2.66. The second-order valence-corrected chi connectivity index (χ2v) is 6.56. The Hall–Kier alpha value is -0.680. The summed E-state index contributed by atoms with van der Waals surface area (Å²) in [6, 6.07) is 3.24. The molecule has 5 heteroatoms. The molecule has 1 N–H and O–H groups in total. The normalized spacial score (nSPS) is 21.0. The summed E-state index contributed by atoms with van der Waals surface area (Å²) in [7, 11) is 0.